The van der Waals surface area contributed by atoms with Crippen LogP contribution in [0, 0.1) is 19.8 Å². The predicted octanol–water partition coefficient (Wildman–Crippen LogP) is 4.49. The topological polar surface area (TPSA) is 0 Å². The number of benzene rings is 1. The Kier molecular flexibility index (Phi) is 2.46. The van der Waals surface area contributed by atoms with Gasteiger partial charge in [0.25, 0.3) is 0 Å². The number of halogens is 1. The molecule has 0 N–H and O–H groups in total. The monoisotopic (exact) mass is 252 g/mol. The van der Waals surface area contributed by atoms with E-state index in [1.165, 1.54) is 11.1 Å². The van der Waals surface area contributed by atoms with Crippen molar-refractivity contribution in [3.8, 4) is 0 Å². The number of hydrogen-bond donors (Lipinski definition) is 0. The fourth-order valence-corrected chi connectivity index (χ4v) is 3.67. The maximum absolute atomic E-state index is 3.83. The fraction of sp³-hybridized carbons (Fsp3) is 0.538. The second-order valence-electron chi connectivity index (χ2n) is 4.58. The summed E-state index contributed by atoms with van der Waals surface area (Å²) in [6.07, 6.45) is 0. The van der Waals surface area contributed by atoms with E-state index in [2.05, 4.69) is 55.8 Å². The van der Waals surface area contributed by atoms with Crippen LogP contribution in [0.5, 0.6) is 0 Å². The van der Waals surface area contributed by atoms with Crippen molar-refractivity contribution in [3.63, 3.8) is 0 Å². The summed E-state index contributed by atoms with van der Waals surface area (Å²) < 4.78 is 0. The summed E-state index contributed by atoms with van der Waals surface area (Å²) in [5.41, 5.74) is 6.01. The van der Waals surface area contributed by atoms with Crippen LogP contribution in [0.3, 0.4) is 0 Å². The molecule has 0 saturated carbocycles. The Bertz CT molecular complexity index is 333. The van der Waals surface area contributed by atoms with Crippen LogP contribution in [0.25, 0.3) is 0 Å². The summed E-state index contributed by atoms with van der Waals surface area (Å²) in [5.74, 6) is 1.40. The molecule has 2 rings (SSSR count). The molecule has 1 aliphatic carbocycles. The molecule has 14 heavy (non-hydrogen) atoms. The van der Waals surface area contributed by atoms with Gasteiger partial charge in [-0.1, -0.05) is 41.9 Å². The van der Waals surface area contributed by atoms with Crippen LogP contribution in [-0.4, -0.2) is 0 Å². The third-order valence-corrected chi connectivity index (χ3v) is 5.00. The number of alkyl halides is 1. The maximum atomic E-state index is 3.83. The molecule has 1 aromatic rings. The lowest BCUT2D eigenvalue weighted by Gasteiger charge is -2.12. The first-order chi connectivity index (χ1) is 6.54. The minimum Gasteiger partial charge on any atom is -0.0835 e. The largest absolute Gasteiger partial charge is 0.0835 e. The van der Waals surface area contributed by atoms with Gasteiger partial charge in [-0.2, -0.15) is 0 Å². The average molecular weight is 253 g/mol. The van der Waals surface area contributed by atoms with Crippen LogP contribution in [0.1, 0.15) is 46.8 Å². The van der Waals surface area contributed by atoms with Gasteiger partial charge in [-0.15, -0.1) is 0 Å². The molecule has 1 heteroatoms. The molecule has 0 bridgehead atoms. The molecular weight excluding hydrogens is 236 g/mol. The molecule has 0 fully saturated rings. The summed E-state index contributed by atoms with van der Waals surface area (Å²) in [4.78, 5) is 0.549. The molecule has 0 spiro atoms. The van der Waals surface area contributed by atoms with E-state index >= 15 is 0 Å². The SMILES string of the molecule is Cc1ccc(C)c2c1C(C)C(C)C2Br. The van der Waals surface area contributed by atoms with E-state index in [-0.39, 0.29) is 0 Å². The summed E-state index contributed by atoms with van der Waals surface area (Å²) in [6, 6.07) is 4.50. The third kappa shape index (κ3) is 1.25. The molecule has 3 unspecified atom stereocenters. The lowest BCUT2D eigenvalue weighted by atomic mass is 9.93. The van der Waals surface area contributed by atoms with Crippen molar-refractivity contribution in [3.05, 3.63) is 34.4 Å². The predicted molar refractivity (Wildman–Crippen MR) is 65.2 cm³/mol. The van der Waals surface area contributed by atoms with E-state index in [0.717, 1.165) is 0 Å². The number of hydrogen-bond acceptors (Lipinski definition) is 0. The van der Waals surface area contributed by atoms with Gasteiger partial charge in [-0.25, -0.2) is 0 Å². The zero-order chi connectivity index (χ0) is 10.5. The molecule has 0 radical (unpaired) electrons. The minimum absolute atomic E-state index is 0.549. The molecule has 1 aliphatic rings. The van der Waals surface area contributed by atoms with E-state index in [4.69, 9.17) is 0 Å². The van der Waals surface area contributed by atoms with Crippen molar-refractivity contribution < 1.29 is 0 Å². The van der Waals surface area contributed by atoms with Crippen LogP contribution >= 0.6 is 15.9 Å². The lowest BCUT2D eigenvalue weighted by Crippen LogP contribution is -2.00. The van der Waals surface area contributed by atoms with Crippen LogP contribution < -0.4 is 0 Å². The Morgan fingerprint density at radius 2 is 1.50 bits per heavy atom. The Balaban J connectivity index is 2.67. The molecule has 0 heterocycles. The van der Waals surface area contributed by atoms with Gasteiger partial charge in [0.1, 0.15) is 0 Å². The van der Waals surface area contributed by atoms with E-state index in [1.807, 2.05) is 0 Å². The lowest BCUT2D eigenvalue weighted by molar-refractivity contribution is 0.527. The van der Waals surface area contributed by atoms with Gasteiger partial charge < -0.3 is 0 Å². The van der Waals surface area contributed by atoms with Gasteiger partial charge in [0.05, 0.1) is 0 Å². The van der Waals surface area contributed by atoms with Crippen molar-refractivity contribution in [2.75, 3.05) is 0 Å². The third-order valence-electron chi connectivity index (χ3n) is 3.70. The number of fused-ring (bicyclic) bond motifs is 1. The van der Waals surface area contributed by atoms with Crippen molar-refractivity contribution in [2.24, 2.45) is 5.92 Å². The van der Waals surface area contributed by atoms with Gasteiger partial charge in [0, 0.05) is 4.83 Å². The van der Waals surface area contributed by atoms with Crippen LogP contribution in [0.2, 0.25) is 0 Å². The smallest absolute Gasteiger partial charge is 0.0432 e. The summed E-state index contributed by atoms with van der Waals surface area (Å²) >= 11 is 3.83. The van der Waals surface area contributed by atoms with E-state index < -0.39 is 0 Å². The normalized spacial score (nSPS) is 30.5. The average Bonchev–Trinajstić information content (AvgIpc) is 2.38. The second kappa shape index (κ2) is 3.37. The quantitative estimate of drug-likeness (QED) is 0.597. The summed E-state index contributed by atoms with van der Waals surface area (Å²) in [5, 5.41) is 0. The molecule has 1 aromatic carbocycles. The Hall–Kier alpha value is -0.300. The van der Waals surface area contributed by atoms with Gasteiger partial charge in [-0.3, -0.25) is 0 Å². The Morgan fingerprint density at radius 1 is 1.00 bits per heavy atom. The van der Waals surface area contributed by atoms with Gasteiger partial charge in [0.15, 0.2) is 0 Å². The molecule has 3 atom stereocenters. The standard InChI is InChI=1S/C13H17Br/c1-7-5-6-8(2)12-11(7)9(3)10(4)13(12)14/h5-6,9-10,13H,1-4H3. The zero-order valence-electron chi connectivity index (χ0n) is 9.26. The highest BCUT2D eigenvalue weighted by atomic mass is 79.9. The molecule has 0 amide bonds. The van der Waals surface area contributed by atoms with E-state index in [0.29, 0.717) is 16.7 Å². The first kappa shape index (κ1) is 10.2. The molecular formula is C13H17Br. The zero-order valence-corrected chi connectivity index (χ0v) is 10.9. The fourth-order valence-electron chi connectivity index (χ4n) is 2.60. The van der Waals surface area contributed by atoms with Gasteiger partial charge in [-0.05, 0) is 47.9 Å². The molecule has 0 nitrogen and oxygen atoms in total. The van der Waals surface area contributed by atoms with Crippen molar-refractivity contribution >= 4 is 15.9 Å². The van der Waals surface area contributed by atoms with Crippen molar-refractivity contribution in [1.82, 2.24) is 0 Å². The minimum atomic E-state index is 0.549. The van der Waals surface area contributed by atoms with Crippen molar-refractivity contribution in [2.45, 2.75) is 38.4 Å². The highest BCUT2D eigenvalue weighted by Crippen LogP contribution is 2.51. The molecule has 0 saturated heterocycles. The molecule has 0 aromatic heterocycles. The summed E-state index contributed by atoms with van der Waals surface area (Å²) in [6.45, 7) is 9.13. The van der Waals surface area contributed by atoms with E-state index in [1.54, 1.807) is 11.1 Å². The van der Waals surface area contributed by atoms with Gasteiger partial charge >= 0.3 is 0 Å². The summed E-state index contributed by atoms with van der Waals surface area (Å²) in [7, 11) is 0. The first-order valence-corrected chi connectivity index (χ1v) is 6.19. The van der Waals surface area contributed by atoms with Crippen LogP contribution in [0.4, 0.5) is 0 Å². The second-order valence-corrected chi connectivity index (χ2v) is 5.56. The van der Waals surface area contributed by atoms with Crippen LogP contribution in [-0.2, 0) is 0 Å². The number of aryl methyl sites for hydroxylation is 2. The first-order valence-electron chi connectivity index (χ1n) is 5.28. The van der Waals surface area contributed by atoms with Gasteiger partial charge in [0.2, 0.25) is 0 Å². The van der Waals surface area contributed by atoms with Crippen LogP contribution in [0.15, 0.2) is 12.1 Å². The number of rotatable bonds is 0. The molecule has 0 aliphatic heterocycles. The Morgan fingerprint density at radius 3 is 2.00 bits per heavy atom. The Labute approximate surface area is 94.8 Å². The molecule has 76 valence electrons. The van der Waals surface area contributed by atoms with E-state index in [9.17, 15) is 0 Å². The highest BCUT2D eigenvalue weighted by Gasteiger charge is 2.35. The highest BCUT2D eigenvalue weighted by molar-refractivity contribution is 9.09. The van der Waals surface area contributed by atoms with Crippen molar-refractivity contribution in [1.29, 1.82) is 0 Å². The maximum Gasteiger partial charge on any atom is 0.0432 e.